The molecule has 0 saturated carbocycles. The third-order valence-electron chi connectivity index (χ3n) is 3.50. The second-order valence-electron chi connectivity index (χ2n) is 4.64. The lowest BCUT2D eigenvalue weighted by molar-refractivity contribution is -0.128. The van der Waals surface area contributed by atoms with E-state index in [-0.39, 0.29) is 24.4 Å². The Bertz CT molecular complexity index is 435. The molecule has 1 aliphatic heterocycles. The van der Waals surface area contributed by atoms with Gasteiger partial charge in [0.1, 0.15) is 11.9 Å². The van der Waals surface area contributed by atoms with Gasteiger partial charge in [-0.05, 0) is 38.2 Å². The third kappa shape index (κ3) is 2.23. The quantitative estimate of drug-likeness (QED) is 0.848. The summed E-state index contributed by atoms with van der Waals surface area (Å²) in [5, 5.41) is 9.31. The number of hydrogen-bond acceptors (Lipinski definition) is 3. The summed E-state index contributed by atoms with van der Waals surface area (Å²) in [4.78, 5) is 15.7. The summed E-state index contributed by atoms with van der Waals surface area (Å²) in [7, 11) is 1.82. The van der Waals surface area contributed by atoms with Crippen LogP contribution in [0.5, 0.6) is 0 Å². The van der Waals surface area contributed by atoms with Gasteiger partial charge in [0.05, 0.1) is 6.61 Å². The molecule has 1 N–H and O–H groups in total. The van der Waals surface area contributed by atoms with Gasteiger partial charge in [0, 0.05) is 18.3 Å². The maximum Gasteiger partial charge on any atom is 0.246 e. The number of piperazine rings is 1. The predicted molar refractivity (Wildman–Crippen MR) is 66.9 cm³/mol. The van der Waals surface area contributed by atoms with Gasteiger partial charge in [-0.1, -0.05) is 0 Å². The molecule has 2 rings (SSSR count). The number of aliphatic hydroxyl groups is 1. The van der Waals surface area contributed by atoms with Crippen LogP contribution < -0.4 is 4.90 Å². The molecule has 1 amide bonds. The fraction of sp³-hybridized carbons (Fsp3) is 0.462. The van der Waals surface area contributed by atoms with E-state index in [1.807, 2.05) is 18.9 Å². The van der Waals surface area contributed by atoms with Crippen LogP contribution in [0.1, 0.15) is 6.92 Å². The van der Waals surface area contributed by atoms with Crippen molar-refractivity contribution in [3.63, 3.8) is 0 Å². The van der Waals surface area contributed by atoms with Gasteiger partial charge in [-0.25, -0.2) is 4.39 Å². The summed E-state index contributed by atoms with van der Waals surface area (Å²) in [5.41, 5.74) is 0.666. The molecule has 4 nitrogen and oxygen atoms in total. The summed E-state index contributed by atoms with van der Waals surface area (Å²) < 4.78 is 12.9. The first-order chi connectivity index (χ1) is 8.54. The van der Waals surface area contributed by atoms with Crippen LogP contribution in [0.15, 0.2) is 24.3 Å². The molecular formula is C13H17FN2O2. The Balaban J connectivity index is 2.28. The Morgan fingerprint density at radius 2 is 2.00 bits per heavy atom. The molecule has 1 aromatic carbocycles. The van der Waals surface area contributed by atoms with E-state index in [0.717, 1.165) is 0 Å². The summed E-state index contributed by atoms with van der Waals surface area (Å²) in [6, 6.07) is 5.45. The fourth-order valence-corrected chi connectivity index (χ4v) is 2.20. The molecule has 1 fully saturated rings. The van der Waals surface area contributed by atoms with E-state index in [0.29, 0.717) is 12.2 Å². The van der Waals surface area contributed by atoms with Gasteiger partial charge < -0.3 is 10.0 Å². The Kier molecular flexibility index (Phi) is 3.63. The van der Waals surface area contributed by atoms with Crippen molar-refractivity contribution in [2.24, 2.45) is 0 Å². The van der Waals surface area contributed by atoms with Crippen molar-refractivity contribution in [3.05, 3.63) is 30.1 Å². The molecule has 2 atom stereocenters. The van der Waals surface area contributed by atoms with Gasteiger partial charge in [-0.3, -0.25) is 9.69 Å². The molecule has 2 unspecified atom stereocenters. The molecule has 5 heteroatoms. The number of nitrogens with zero attached hydrogens (tertiary/aromatic N) is 2. The maximum absolute atomic E-state index is 12.9. The standard InChI is InChI=1S/C13H17FN2O2/c1-9-7-16(11-5-3-10(14)4-6-11)13(18)12(8-17)15(9)2/h3-6,9,12,17H,7-8H2,1-2H3. The van der Waals surface area contributed by atoms with Crippen LogP contribution in [0, 0.1) is 5.82 Å². The second-order valence-corrected chi connectivity index (χ2v) is 4.64. The molecule has 1 aromatic rings. The minimum absolute atomic E-state index is 0.143. The van der Waals surface area contributed by atoms with Gasteiger partial charge >= 0.3 is 0 Å². The number of benzene rings is 1. The van der Waals surface area contributed by atoms with Crippen LogP contribution in [0.4, 0.5) is 10.1 Å². The zero-order valence-electron chi connectivity index (χ0n) is 10.5. The number of halogens is 1. The van der Waals surface area contributed by atoms with Crippen molar-refractivity contribution < 1.29 is 14.3 Å². The monoisotopic (exact) mass is 252 g/mol. The van der Waals surface area contributed by atoms with E-state index in [9.17, 15) is 14.3 Å². The molecule has 0 aromatic heterocycles. The van der Waals surface area contributed by atoms with Crippen molar-refractivity contribution in [2.45, 2.75) is 19.0 Å². The van der Waals surface area contributed by atoms with E-state index >= 15 is 0 Å². The minimum Gasteiger partial charge on any atom is -0.394 e. The molecule has 1 saturated heterocycles. The van der Waals surface area contributed by atoms with Crippen molar-refractivity contribution in [3.8, 4) is 0 Å². The Labute approximate surface area is 106 Å². The second kappa shape index (κ2) is 5.04. The van der Waals surface area contributed by atoms with Crippen molar-refractivity contribution >= 4 is 11.6 Å². The van der Waals surface area contributed by atoms with Crippen LogP contribution >= 0.6 is 0 Å². The molecule has 0 bridgehead atoms. The van der Waals surface area contributed by atoms with Gasteiger partial charge in [-0.2, -0.15) is 0 Å². The Morgan fingerprint density at radius 3 is 2.56 bits per heavy atom. The molecule has 0 aliphatic carbocycles. The molecular weight excluding hydrogens is 235 g/mol. The first-order valence-electron chi connectivity index (χ1n) is 5.94. The first kappa shape index (κ1) is 13.0. The molecule has 1 aliphatic rings. The van der Waals surface area contributed by atoms with Crippen molar-refractivity contribution in [1.29, 1.82) is 0 Å². The number of carbonyl (C=O) groups is 1. The van der Waals surface area contributed by atoms with Crippen molar-refractivity contribution in [1.82, 2.24) is 4.90 Å². The Hall–Kier alpha value is -1.46. The van der Waals surface area contributed by atoms with Crippen molar-refractivity contribution in [2.75, 3.05) is 25.1 Å². The smallest absolute Gasteiger partial charge is 0.246 e. The predicted octanol–water partition coefficient (Wildman–Crippen LogP) is 0.853. The lowest BCUT2D eigenvalue weighted by Crippen LogP contribution is -2.61. The number of likely N-dealkylation sites (N-methyl/N-ethyl adjacent to an activating group) is 1. The zero-order chi connectivity index (χ0) is 13.3. The number of aliphatic hydroxyl groups excluding tert-OH is 1. The van der Waals surface area contributed by atoms with Gasteiger partial charge in [0.25, 0.3) is 0 Å². The van der Waals surface area contributed by atoms with Crippen LogP contribution in [-0.4, -0.2) is 48.2 Å². The number of carbonyl (C=O) groups excluding carboxylic acids is 1. The van der Waals surface area contributed by atoms with Gasteiger partial charge in [0.15, 0.2) is 0 Å². The number of anilines is 1. The van der Waals surface area contributed by atoms with E-state index in [4.69, 9.17) is 0 Å². The topological polar surface area (TPSA) is 43.8 Å². The molecule has 0 spiro atoms. The summed E-state index contributed by atoms with van der Waals surface area (Å²) in [6.07, 6.45) is 0. The van der Waals surface area contributed by atoms with Crippen LogP contribution in [0.3, 0.4) is 0 Å². The maximum atomic E-state index is 12.9. The van der Waals surface area contributed by atoms with Crippen LogP contribution in [0.2, 0.25) is 0 Å². The summed E-state index contributed by atoms with van der Waals surface area (Å²) in [6.45, 7) is 2.32. The highest BCUT2D eigenvalue weighted by atomic mass is 19.1. The summed E-state index contributed by atoms with van der Waals surface area (Å²) in [5.74, 6) is -0.475. The molecule has 98 valence electrons. The molecule has 0 radical (unpaired) electrons. The van der Waals surface area contributed by atoms with E-state index in [1.165, 1.54) is 12.1 Å². The molecule has 1 heterocycles. The normalized spacial score (nSPS) is 25.6. The lowest BCUT2D eigenvalue weighted by Gasteiger charge is -2.42. The fourth-order valence-electron chi connectivity index (χ4n) is 2.20. The molecule has 18 heavy (non-hydrogen) atoms. The van der Waals surface area contributed by atoms with Gasteiger partial charge in [-0.15, -0.1) is 0 Å². The lowest BCUT2D eigenvalue weighted by atomic mass is 10.1. The zero-order valence-corrected chi connectivity index (χ0v) is 10.5. The average Bonchev–Trinajstić information content (AvgIpc) is 2.36. The van der Waals surface area contributed by atoms with Crippen LogP contribution in [-0.2, 0) is 4.79 Å². The van der Waals surface area contributed by atoms with Gasteiger partial charge in [0.2, 0.25) is 5.91 Å². The minimum atomic E-state index is -0.529. The van der Waals surface area contributed by atoms with Crippen LogP contribution in [0.25, 0.3) is 0 Å². The highest BCUT2D eigenvalue weighted by Crippen LogP contribution is 2.22. The van der Waals surface area contributed by atoms with E-state index in [1.54, 1.807) is 17.0 Å². The highest BCUT2D eigenvalue weighted by Gasteiger charge is 2.36. The van der Waals surface area contributed by atoms with E-state index in [2.05, 4.69) is 0 Å². The average molecular weight is 252 g/mol. The number of rotatable bonds is 2. The largest absolute Gasteiger partial charge is 0.394 e. The summed E-state index contributed by atoms with van der Waals surface area (Å²) >= 11 is 0. The number of hydrogen-bond donors (Lipinski definition) is 1. The third-order valence-corrected chi connectivity index (χ3v) is 3.50. The first-order valence-corrected chi connectivity index (χ1v) is 5.94. The number of amides is 1. The SMILES string of the molecule is CC1CN(c2ccc(F)cc2)C(=O)C(CO)N1C. The highest BCUT2D eigenvalue weighted by molar-refractivity contribution is 5.98. The Morgan fingerprint density at radius 1 is 1.39 bits per heavy atom. The van der Waals surface area contributed by atoms with E-state index < -0.39 is 6.04 Å².